The van der Waals surface area contributed by atoms with Crippen LogP contribution in [0.1, 0.15) is 5.56 Å². The van der Waals surface area contributed by atoms with Gasteiger partial charge in [0, 0.05) is 16.2 Å². The largest absolute Gasteiger partial charge is 0.454 e. The zero-order chi connectivity index (χ0) is 26.0. The molecule has 0 aliphatic carbocycles. The lowest BCUT2D eigenvalue weighted by molar-refractivity contribution is 0.174. The van der Waals surface area contributed by atoms with Crippen LogP contribution in [0.5, 0.6) is 11.5 Å². The van der Waals surface area contributed by atoms with E-state index in [0.29, 0.717) is 27.7 Å². The second-order valence-electron chi connectivity index (χ2n) is 7.60. The average Bonchev–Trinajstić information content (AvgIpc) is 3.57. The SMILES string of the molecule is N/C(=N\S(=O)(=O)c1cc(-c2nnc(-c3ccccc3)o2)c(Cl)cc1SCc1ccc2c(c1)OCO2)NO. The van der Waals surface area contributed by atoms with Crippen molar-refractivity contribution in [1.29, 1.82) is 0 Å². The first kappa shape index (κ1) is 24.9. The molecule has 4 N–H and O–H groups in total. The number of ether oxygens (including phenoxy) is 2. The number of benzene rings is 3. The van der Waals surface area contributed by atoms with Crippen molar-refractivity contribution in [3.63, 3.8) is 0 Å². The average molecular weight is 560 g/mol. The molecular weight excluding hydrogens is 542 g/mol. The van der Waals surface area contributed by atoms with Crippen molar-refractivity contribution in [3.8, 4) is 34.4 Å². The van der Waals surface area contributed by atoms with Crippen molar-refractivity contribution in [2.45, 2.75) is 15.5 Å². The lowest BCUT2D eigenvalue weighted by Crippen LogP contribution is -2.29. The Labute approximate surface area is 220 Å². The summed E-state index contributed by atoms with van der Waals surface area (Å²) in [4.78, 5) is 0.0824. The summed E-state index contributed by atoms with van der Waals surface area (Å²) in [5.74, 6) is 1.18. The monoisotopic (exact) mass is 559 g/mol. The van der Waals surface area contributed by atoms with E-state index in [-0.39, 0.29) is 34.1 Å². The predicted molar refractivity (Wildman–Crippen MR) is 136 cm³/mol. The number of hydrogen-bond acceptors (Lipinski definition) is 9. The molecule has 0 spiro atoms. The van der Waals surface area contributed by atoms with Crippen LogP contribution in [0.15, 0.2) is 79.3 Å². The molecule has 5 rings (SSSR count). The molecule has 1 aliphatic heterocycles. The van der Waals surface area contributed by atoms with Gasteiger partial charge in [0.1, 0.15) is 4.90 Å². The van der Waals surface area contributed by atoms with Crippen molar-refractivity contribution in [3.05, 3.63) is 71.2 Å². The van der Waals surface area contributed by atoms with E-state index < -0.39 is 16.0 Å². The molecule has 3 aromatic carbocycles. The van der Waals surface area contributed by atoms with E-state index in [1.165, 1.54) is 29.4 Å². The van der Waals surface area contributed by atoms with Gasteiger partial charge in [-0.1, -0.05) is 35.9 Å². The molecule has 4 aromatic rings. The molecular formula is C23H18ClN5O6S2. The van der Waals surface area contributed by atoms with E-state index in [0.717, 1.165) is 5.56 Å². The zero-order valence-corrected chi connectivity index (χ0v) is 21.2. The molecule has 2 heterocycles. The van der Waals surface area contributed by atoms with E-state index in [4.69, 9.17) is 36.4 Å². The van der Waals surface area contributed by atoms with Crippen LogP contribution in [-0.4, -0.2) is 36.6 Å². The van der Waals surface area contributed by atoms with Gasteiger partial charge < -0.3 is 19.6 Å². The van der Waals surface area contributed by atoms with Gasteiger partial charge in [0.05, 0.1) is 10.6 Å². The fraction of sp³-hybridized carbons (Fsp3) is 0.0870. The Hall–Kier alpha value is -3.78. The van der Waals surface area contributed by atoms with Crippen molar-refractivity contribution in [2.24, 2.45) is 10.1 Å². The third-order valence-corrected chi connectivity index (χ3v) is 8.05. The molecule has 14 heteroatoms. The standard InChI is InChI=1S/C23H18ClN5O6S2/c24-16-10-19(36-11-13-6-7-17-18(8-13)34-12-33-17)20(37(31,32)29-23(25)28-30)9-15(16)22-27-26-21(35-22)14-4-2-1-3-5-14/h1-10,30H,11-12H2,(H3,25,28,29). The lowest BCUT2D eigenvalue weighted by Gasteiger charge is -2.11. The molecule has 0 saturated heterocycles. The number of rotatable bonds is 7. The molecule has 11 nitrogen and oxygen atoms in total. The summed E-state index contributed by atoms with van der Waals surface area (Å²) in [6.45, 7) is 0.144. The van der Waals surface area contributed by atoms with Crippen molar-refractivity contribution < 1.29 is 27.5 Å². The quantitative estimate of drug-likeness (QED) is 0.129. The van der Waals surface area contributed by atoms with E-state index >= 15 is 0 Å². The third kappa shape index (κ3) is 5.34. The molecule has 37 heavy (non-hydrogen) atoms. The lowest BCUT2D eigenvalue weighted by atomic mass is 10.2. The van der Waals surface area contributed by atoms with Gasteiger partial charge in [0.25, 0.3) is 10.0 Å². The van der Waals surface area contributed by atoms with Crippen LogP contribution in [-0.2, 0) is 15.8 Å². The Bertz CT molecular complexity index is 1590. The zero-order valence-electron chi connectivity index (χ0n) is 18.8. The number of hydrogen-bond donors (Lipinski definition) is 3. The molecule has 0 radical (unpaired) electrons. The maximum Gasteiger partial charge on any atom is 0.286 e. The van der Waals surface area contributed by atoms with Crippen LogP contribution in [0.2, 0.25) is 5.02 Å². The Morgan fingerprint density at radius 1 is 1.08 bits per heavy atom. The van der Waals surface area contributed by atoms with Gasteiger partial charge in [-0.05, 0) is 42.0 Å². The molecule has 0 fully saturated rings. The molecule has 0 saturated carbocycles. The van der Waals surface area contributed by atoms with E-state index in [1.807, 2.05) is 30.3 Å². The van der Waals surface area contributed by atoms with Gasteiger partial charge in [-0.15, -0.1) is 26.4 Å². The number of nitrogens with zero attached hydrogens (tertiary/aromatic N) is 3. The second-order valence-corrected chi connectivity index (χ2v) is 10.6. The number of halogens is 1. The second kappa shape index (κ2) is 10.3. The summed E-state index contributed by atoms with van der Waals surface area (Å²) in [5, 5.41) is 17.2. The minimum Gasteiger partial charge on any atom is -0.454 e. The number of nitrogens with two attached hydrogens (primary N) is 1. The summed E-state index contributed by atoms with van der Waals surface area (Å²) in [6, 6.07) is 17.3. The first-order chi connectivity index (χ1) is 17.8. The van der Waals surface area contributed by atoms with Crippen LogP contribution in [0.25, 0.3) is 22.9 Å². The Kier molecular flexibility index (Phi) is 6.93. The number of thioether (sulfide) groups is 1. The summed E-state index contributed by atoms with van der Waals surface area (Å²) >= 11 is 7.76. The van der Waals surface area contributed by atoms with E-state index in [2.05, 4.69) is 14.6 Å². The molecule has 0 amide bonds. The fourth-order valence-corrected chi connectivity index (χ4v) is 6.12. The molecule has 190 valence electrons. The van der Waals surface area contributed by atoms with Crippen LogP contribution >= 0.6 is 23.4 Å². The van der Waals surface area contributed by atoms with Crippen LogP contribution in [0.3, 0.4) is 0 Å². The van der Waals surface area contributed by atoms with Gasteiger partial charge in [0.2, 0.25) is 24.5 Å². The Balaban J connectivity index is 1.53. The molecule has 1 aromatic heterocycles. The highest BCUT2D eigenvalue weighted by Crippen LogP contribution is 2.40. The van der Waals surface area contributed by atoms with Gasteiger partial charge in [0.15, 0.2) is 11.5 Å². The number of aromatic nitrogens is 2. The molecule has 1 aliphatic rings. The van der Waals surface area contributed by atoms with Crippen molar-refractivity contribution in [1.82, 2.24) is 15.7 Å². The number of nitrogens with one attached hydrogen (secondary N) is 1. The number of fused-ring (bicyclic) bond motifs is 1. The van der Waals surface area contributed by atoms with Gasteiger partial charge in [-0.25, -0.2) is 5.48 Å². The van der Waals surface area contributed by atoms with Gasteiger partial charge in [-0.3, -0.25) is 5.21 Å². The first-order valence-corrected chi connectivity index (χ1v) is 13.4. The maximum atomic E-state index is 13.1. The van der Waals surface area contributed by atoms with Crippen molar-refractivity contribution >= 4 is 39.3 Å². The van der Waals surface area contributed by atoms with E-state index in [9.17, 15) is 8.42 Å². The highest BCUT2D eigenvalue weighted by atomic mass is 35.5. The Morgan fingerprint density at radius 2 is 1.84 bits per heavy atom. The minimum atomic E-state index is -4.38. The summed E-state index contributed by atoms with van der Waals surface area (Å²) in [6.07, 6.45) is 0. The van der Waals surface area contributed by atoms with Crippen LogP contribution in [0.4, 0.5) is 0 Å². The molecule has 0 atom stereocenters. The van der Waals surface area contributed by atoms with E-state index in [1.54, 1.807) is 18.2 Å². The topological polar surface area (TPSA) is 162 Å². The van der Waals surface area contributed by atoms with Gasteiger partial charge in [-0.2, -0.15) is 8.42 Å². The molecule has 0 unspecified atom stereocenters. The van der Waals surface area contributed by atoms with Gasteiger partial charge >= 0.3 is 0 Å². The third-order valence-electron chi connectivity index (χ3n) is 5.15. The van der Waals surface area contributed by atoms with Crippen LogP contribution in [0, 0.1) is 0 Å². The first-order valence-electron chi connectivity index (χ1n) is 10.6. The molecule has 0 bridgehead atoms. The fourth-order valence-electron chi connectivity index (χ4n) is 3.43. The predicted octanol–water partition coefficient (Wildman–Crippen LogP) is 4.06. The number of sulfonamides is 1. The summed E-state index contributed by atoms with van der Waals surface area (Å²) in [7, 11) is -4.38. The highest BCUT2D eigenvalue weighted by molar-refractivity contribution is 7.99. The van der Waals surface area contributed by atoms with Crippen LogP contribution < -0.4 is 20.7 Å². The smallest absolute Gasteiger partial charge is 0.286 e. The Morgan fingerprint density at radius 3 is 2.62 bits per heavy atom. The van der Waals surface area contributed by atoms with Crippen molar-refractivity contribution in [2.75, 3.05) is 6.79 Å². The number of guanidine groups is 1. The normalized spacial score (nSPS) is 13.1. The minimum absolute atomic E-state index is 0.0184. The summed E-state index contributed by atoms with van der Waals surface area (Å²) < 4.78 is 46.2. The maximum absolute atomic E-state index is 13.1. The number of hydroxylamine groups is 1. The highest BCUT2D eigenvalue weighted by Gasteiger charge is 2.25. The summed E-state index contributed by atoms with van der Waals surface area (Å²) in [5.41, 5.74) is 8.68.